The Kier molecular flexibility index (Phi) is 6.45. The molecular formula is C18H20ClN3O4S. The smallest absolute Gasteiger partial charge is 0.245 e. The maximum atomic E-state index is 12.3. The summed E-state index contributed by atoms with van der Waals surface area (Å²) in [6, 6.07) is 11.3. The standard InChI is InChI=1S/C18H20ClN3O4S/c1-12-4-9-16(10-17(12)19)22(27(3,25)26)11-18(24)21-15-7-5-14(6-8-15)20-13(2)23/h4-10H,11H2,1-3H3,(H,20,23)(H,21,24). The number of nitrogens with one attached hydrogen (secondary N) is 2. The van der Waals surface area contributed by atoms with E-state index in [-0.39, 0.29) is 5.91 Å². The number of amides is 2. The average Bonchev–Trinajstić information content (AvgIpc) is 2.56. The number of benzene rings is 2. The summed E-state index contributed by atoms with van der Waals surface area (Å²) in [5.41, 5.74) is 2.18. The molecule has 2 amide bonds. The fourth-order valence-electron chi connectivity index (χ4n) is 2.31. The lowest BCUT2D eigenvalue weighted by Crippen LogP contribution is -2.37. The van der Waals surface area contributed by atoms with Gasteiger partial charge in [0.25, 0.3) is 0 Å². The number of aryl methyl sites for hydroxylation is 1. The molecule has 144 valence electrons. The highest BCUT2D eigenvalue weighted by atomic mass is 35.5. The molecule has 0 spiro atoms. The van der Waals surface area contributed by atoms with Crippen LogP contribution in [0.3, 0.4) is 0 Å². The summed E-state index contributed by atoms with van der Waals surface area (Å²) in [5, 5.41) is 5.66. The Morgan fingerprint density at radius 1 is 1.04 bits per heavy atom. The molecule has 0 aliphatic heterocycles. The van der Waals surface area contributed by atoms with Crippen LogP contribution in [0.25, 0.3) is 0 Å². The van der Waals surface area contributed by atoms with Crippen LogP contribution < -0.4 is 14.9 Å². The molecule has 0 aliphatic rings. The van der Waals surface area contributed by atoms with Gasteiger partial charge in [-0.25, -0.2) is 8.42 Å². The van der Waals surface area contributed by atoms with Crippen molar-refractivity contribution < 1.29 is 18.0 Å². The second-order valence-corrected chi connectivity index (χ2v) is 8.32. The van der Waals surface area contributed by atoms with Crippen LogP contribution in [-0.4, -0.2) is 33.0 Å². The lowest BCUT2D eigenvalue weighted by molar-refractivity contribution is -0.115. The number of hydrogen-bond acceptors (Lipinski definition) is 4. The van der Waals surface area contributed by atoms with Gasteiger partial charge in [-0.2, -0.15) is 0 Å². The van der Waals surface area contributed by atoms with Gasteiger partial charge in [0.05, 0.1) is 11.9 Å². The molecule has 0 fully saturated rings. The predicted molar refractivity (Wildman–Crippen MR) is 108 cm³/mol. The summed E-state index contributed by atoms with van der Waals surface area (Å²) in [7, 11) is -3.69. The highest BCUT2D eigenvalue weighted by molar-refractivity contribution is 7.92. The highest BCUT2D eigenvalue weighted by Gasteiger charge is 2.21. The zero-order chi connectivity index (χ0) is 20.2. The van der Waals surface area contributed by atoms with Crippen LogP contribution in [0.15, 0.2) is 42.5 Å². The Balaban J connectivity index is 2.14. The summed E-state index contributed by atoms with van der Waals surface area (Å²) in [6.07, 6.45) is 1.02. The second-order valence-electron chi connectivity index (χ2n) is 6.01. The monoisotopic (exact) mass is 409 g/mol. The minimum absolute atomic E-state index is 0.202. The van der Waals surface area contributed by atoms with Crippen molar-refractivity contribution in [2.45, 2.75) is 13.8 Å². The predicted octanol–water partition coefficient (Wildman–Crippen LogP) is 3.01. The van der Waals surface area contributed by atoms with Crippen LogP contribution >= 0.6 is 11.6 Å². The number of carbonyl (C=O) groups is 2. The van der Waals surface area contributed by atoms with E-state index in [0.29, 0.717) is 22.1 Å². The van der Waals surface area contributed by atoms with Crippen LogP contribution in [0.4, 0.5) is 17.1 Å². The Morgan fingerprint density at radius 3 is 2.07 bits per heavy atom. The van der Waals surface area contributed by atoms with Gasteiger partial charge < -0.3 is 10.6 Å². The number of anilines is 3. The van der Waals surface area contributed by atoms with Crippen LogP contribution in [0.2, 0.25) is 5.02 Å². The van der Waals surface area contributed by atoms with E-state index in [9.17, 15) is 18.0 Å². The van der Waals surface area contributed by atoms with E-state index in [1.165, 1.54) is 13.0 Å². The number of sulfonamides is 1. The van der Waals surface area contributed by atoms with Gasteiger partial charge in [0, 0.05) is 23.3 Å². The summed E-state index contributed by atoms with van der Waals surface area (Å²) in [5.74, 6) is -0.711. The van der Waals surface area contributed by atoms with Gasteiger partial charge in [-0.3, -0.25) is 13.9 Å². The van der Waals surface area contributed by atoms with Gasteiger partial charge in [-0.1, -0.05) is 17.7 Å². The third-order valence-electron chi connectivity index (χ3n) is 3.62. The summed E-state index contributed by atoms with van der Waals surface area (Å²) >= 11 is 6.07. The number of nitrogens with zero attached hydrogens (tertiary/aromatic N) is 1. The molecule has 2 N–H and O–H groups in total. The molecule has 0 bridgehead atoms. The first-order valence-electron chi connectivity index (χ1n) is 7.97. The maximum absolute atomic E-state index is 12.3. The van der Waals surface area contributed by atoms with Gasteiger partial charge in [-0.15, -0.1) is 0 Å². The molecule has 0 aromatic heterocycles. The third-order valence-corrected chi connectivity index (χ3v) is 5.17. The molecule has 0 saturated heterocycles. The topological polar surface area (TPSA) is 95.6 Å². The lowest BCUT2D eigenvalue weighted by atomic mass is 10.2. The molecule has 0 atom stereocenters. The zero-order valence-electron chi connectivity index (χ0n) is 15.1. The molecular weight excluding hydrogens is 390 g/mol. The van der Waals surface area contributed by atoms with E-state index in [2.05, 4.69) is 10.6 Å². The van der Waals surface area contributed by atoms with Crippen LogP contribution in [0, 0.1) is 6.92 Å². The van der Waals surface area contributed by atoms with Gasteiger partial charge in [0.1, 0.15) is 6.54 Å². The van der Waals surface area contributed by atoms with E-state index >= 15 is 0 Å². The van der Waals surface area contributed by atoms with Crippen molar-refractivity contribution in [3.8, 4) is 0 Å². The minimum Gasteiger partial charge on any atom is -0.326 e. The van der Waals surface area contributed by atoms with E-state index in [1.807, 2.05) is 0 Å². The first-order valence-corrected chi connectivity index (χ1v) is 10.2. The van der Waals surface area contributed by atoms with Crippen LogP contribution in [0.5, 0.6) is 0 Å². The molecule has 2 rings (SSSR count). The minimum atomic E-state index is -3.69. The number of carbonyl (C=O) groups excluding carboxylic acids is 2. The molecule has 2 aromatic rings. The fourth-order valence-corrected chi connectivity index (χ4v) is 3.33. The van der Waals surface area contributed by atoms with E-state index in [0.717, 1.165) is 16.1 Å². The number of rotatable bonds is 6. The van der Waals surface area contributed by atoms with Crippen molar-refractivity contribution in [2.24, 2.45) is 0 Å². The van der Waals surface area contributed by atoms with Gasteiger partial charge in [0.15, 0.2) is 0 Å². The molecule has 27 heavy (non-hydrogen) atoms. The average molecular weight is 410 g/mol. The fraction of sp³-hybridized carbons (Fsp3) is 0.222. The maximum Gasteiger partial charge on any atom is 0.245 e. The largest absolute Gasteiger partial charge is 0.326 e. The first kappa shape index (κ1) is 20.7. The van der Waals surface area contributed by atoms with Crippen molar-refractivity contribution in [2.75, 3.05) is 27.7 Å². The molecule has 0 unspecified atom stereocenters. The molecule has 0 aliphatic carbocycles. The first-order chi connectivity index (χ1) is 12.6. The van der Waals surface area contributed by atoms with Crippen LogP contribution in [0.1, 0.15) is 12.5 Å². The molecule has 9 heteroatoms. The number of halogens is 1. The molecule has 0 saturated carbocycles. The number of hydrogen-bond donors (Lipinski definition) is 2. The van der Waals surface area contributed by atoms with Crippen molar-refractivity contribution >= 4 is 50.5 Å². The SMILES string of the molecule is CC(=O)Nc1ccc(NC(=O)CN(c2ccc(C)c(Cl)c2)S(C)(=O)=O)cc1. The normalized spacial score (nSPS) is 11.0. The Hall–Kier alpha value is -2.58. The lowest BCUT2D eigenvalue weighted by Gasteiger charge is -2.22. The summed E-state index contributed by atoms with van der Waals surface area (Å²) in [4.78, 5) is 23.4. The van der Waals surface area contributed by atoms with E-state index in [1.54, 1.807) is 43.3 Å². The molecule has 0 radical (unpaired) electrons. The molecule has 2 aromatic carbocycles. The Bertz CT molecular complexity index is 959. The van der Waals surface area contributed by atoms with Crippen molar-refractivity contribution in [1.29, 1.82) is 0 Å². The van der Waals surface area contributed by atoms with Crippen molar-refractivity contribution in [1.82, 2.24) is 0 Å². The van der Waals surface area contributed by atoms with Crippen molar-refractivity contribution in [3.05, 3.63) is 53.1 Å². The third kappa shape index (κ3) is 5.97. The molecule has 7 nitrogen and oxygen atoms in total. The van der Waals surface area contributed by atoms with Gasteiger partial charge >= 0.3 is 0 Å². The van der Waals surface area contributed by atoms with E-state index in [4.69, 9.17) is 11.6 Å². The highest BCUT2D eigenvalue weighted by Crippen LogP contribution is 2.25. The van der Waals surface area contributed by atoms with Gasteiger partial charge in [-0.05, 0) is 48.9 Å². The van der Waals surface area contributed by atoms with Crippen LogP contribution in [-0.2, 0) is 19.6 Å². The summed E-state index contributed by atoms with van der Waals surface area (Å²) in [6.45, 7) is 2.80. The Morgan fingerprint density at radius 2 is 1.59 bits per heavy atom. The summed E-state index contributed by atoms with van der Waals surface area (Å²) < 4.78 is 25.2. The molecule has 0 heterocycles. The van der Waals surface area contributed by atoms with Gasteiger partial charge in [0.2, 0.25) is 21.8 Å². The Labute approximate surface area is 163 Å². The van der Waals surface area contributed by atoms with Crippen molar-refractivity contribution in [3.63, 3.8) is 0 Å². The van der Waals surface area contributed by atoms with E-state index < -0.39 is 22.5 Å². The zero-order valence-corrected chi connectivity index (χ0v) is 16.7. The quantitative estimate of drug-likeness (QED) is 0.766. The second kappa shape index (κ2) is 8.41.